The number of hydrogen-bond acceptors (Lipinski definition) is 4. The van der Waals surface area contributed by atoms with Gasteiger partial charge in [0.05, 0.1) is 29.5 Å². The molecule has 0 radical (unpaired) electrons. The maximum absolute atomic E-state index is 14.3. The molecule has 0 aliphatic carbocycles. The summed E-state index contributed by atoms with van der Waals surface area (Å²) in [6.07, 6.45) is -4.97. The van der Waals surface area contributed by atoms with Crippen LogP contribution >= 0.6 is 0 Å². The van der Waals surface area contributed by atoms with Gasteiger partial charge in [0.15, 0.2) is 23.1 Å². The molecule has 0 aromatic heterocycles. The second-order valence-electron chi connectivity index (χ2n) is 6.69. The highest BCUT2D eigenvalue weighted by Crippen LogP contribution is 2.41. The van der Waals surface area contributed by atoms with Crippen LogP contribution in [0.2, 0.25) is 0 Å². The van der Waals surface area contributed by atoms with E-state index in [1.807, 2.05) is 0 Å². The fraction of sp³-hybridized carbons (Fsp3) is 0.0909. The summed E-state index contributed by atoms with van der Waals surface area (Å²) >= 11 is 0. The van der Waals surface area contributed by atoms with Gasteiger partial charge in [-0.05, 0) is 36.4 Å². The highest BCUT2D eigenvalue weighted by Gasteiger charge is 2.38. The molecule has 5 nitrogen and oxygen atoms in total. The van der Waals surface area contributed by atoms with Gasteiger partial charge in [-0.2, -0.15) is 13.2 Å². The number of carbonyl (C=O) groups is 2. The first kappa shape index (κ1) is 21.3. The molecule has 1 aliphatic rings. The van der Waals surface area contributed by atoms with E-state index in [1.54, 1.807) is 12.1 Å². The zero-order valence-corrected chi connectivity index (χ0v) is 16.2. The second-order valence-corrected chi connectivity index (χ2v) is 6.69. The third-order valence-corrected chi connectivity index (χ3v) is 4.74. The Morgan fingerprint density at radius 2 is 1.41 bits per heavy atom. The Morgan fingerprint density at radius 1 is 0.844 bits per heavy atom. The quantitative estimate of drug-likeness (QED) is 0.385. The van der Waals surface area contributed by atoms with E-state index in [9.17, 15) is 31.5 Å². The lowest BCUT2D eigenvalue weighted by atomic mass is 10.1. The second kappa shape index (κ2) is 7.63. The number of carbonyl (C=O) groups excluding carboxylic acids is 2. The molecule has 10 heteroatoms. The average Bonchev–Trinajstić information content (AvgIpc) is 3.00. The Kier molecular flexibility index (Phi) is 5.08. The molecule has 0 bridgehead atoms. The van der Waals surface area contributed by atoms with E-state index in [2.05, 4.69) is 0 Å². The molecule has 0 unspecified atom stereocenters. The number of anilines is 1. The summed E-state index contributed by atoms with van der Waals surface area (Å²) in [6, 6.07) is 9.90. The molecular weight excluding hydrogens is 437 g/mol. The van der Waals surface area contributed by atoms with Crippen LogP contribution in [0.4, 0.5) is 27.6 Å². The molecule has 1 heterocycles. The standard InChI is InChI=1S/C22H12F5NO4/c1-31-12-6-7-18(32-19-15(23)8-11(9-16(19)24)22(25,26)27)17(10-12)28-20(29)13-4-2-3-5-14(13)21(28)30/h2-10H,1H3. The third-order valence-electron chi connectivity index (χ3n) is 4.74. The average molecular weight is 449 g/mol. The largest absolute Gasteiger partial charge is 0.497 e. The molecule has 0 atom stereocenters. The van der Waals surface area contributed by atoms with Gasteiger partial charge in [-0.15, -0.1) is 0 Å². The molecule has 4 rings (SSSR count). The Morgan fingerprint density at radius 3 is 1.91 bits per heavy atom. The van der Waals surface area contributed by atoms with E-state index >= 15 is 0 Å². The van der Waals surface area contributed by atoms with Gasteiger partial charge >= 0.3 is 6.18 Å². The van der Waals surface area contributed by atoms with Gasteiger partial charge in [0, 0.05) is 6.07 Å². The highest BCUT2D eigenvalue weighted by atomic mass is 19.4. The number of nitrogens with zero attached hydrogens (tertiary/aromatic N) is 1. The molecule has 0 N–H and O–H groups in total. The number of methoxy groups -OCH3 is 1. The minimum absolute atomic E-state index is 0.0869. The molecule has 32 heavy (non-hydrogen) atoms. The molecule has 0 saturated heterocycles. The number of halogens is 5. The summed E-state index contributed by atoms with van der Waals surface area (Å²) in [7, 11) is 1.32. The summed E-state index contributed by atoms with van der Waals surface area (Å²) in [5.41, 5.74) is -1.51. The third kappa shape index (κ3) is 3.53. The van der Waals surface area contributed by atoms with Crippen LogP contribution < -0.4 is 14.4 Å². The smallest absolute Gasteiger partial charge is 0.416 e. The normalized spacial score (nSPS) is 13.4. The molecule has 3 aromatic rings. The van der Waals surface area contributed by atoms with Crippen molar-refractivity contribution in [1.29, 1.82) is 0 Å². The van der Waals surface area contributed by atoms with Crippen molar-refractivity contribution in [3.8, 4) is 17.2 Å². The SMILES string of the molecule is COc1ccc(Oc2c(F)cc(C(F)(F)F)cc2F)c(N2C(=O)c3ccccc3C2=O)c1. The summed E-state index contributed by atoms with van der Waals surface area (Å²) < 4.78 is 77.4. The van der Waals surface area contributed by atoms with E-state index in [-0.39, 0.29) is 40.4 Å². The maximum atomic E-state index is 14.3. The lowest BCUT2D eigenvalue weighted by Crippen LogP contribution is -2.29. The van der Waals surface area contributed by atoms with Gasteiger partial charge in [0.25, 0.3) is 11.8 Å². The van der Waals surface area contributed by atoms with Crippen molar-refractivity contribution in [3.63, 3.8) is 0 Å². The summed E-state index contributed by atoms with van der Waals surface area (Å²) in [5, 5.41) is 0. The van der Waals surface area contributed by atoms with Crippen molar-refractivity contribution in [1.82, 2.24) is 0 Å². The first-order chi connectivity index (χ1) is 15.1. The van der Waals surface area contributed by atoms with E-state index in [0.29, 0.717) is 0 Å². The van der Waals surface area contributed by atoms with Gasteiger partial charge in [-0.3, -0.25) is 9.59 Å². The number of rotatable bonds is 4. The van der Waals surface area contributed by atoms with Gasteiger partial charge in [-0.25, -0.2) is 13.7 Å². The molecule has 1 aliphatic heterocycles. The number of fused-ring (bicyclic) bond motifs is 1. The molecule has 0 spiro atoms. The van der Waals surface area contributed by atoms with Crippen LogP contribution in [-0.2, 0) is 6.18 Å². The Bertz CT molecular complexity index is 1200. The van der Waals surface area contributed by atoms with Gasteiger partial charge in [-0.1, -0.05) is 12.1 Å². The lowest BCUT2D eigenvalue weighted by molar-refractivity contribution is -0.138. The number of alkyl halides is 3. The molecule has 2 amide bonds. The molecule has 0 saturated carbocycles. The van der Waals surface area contributed by atoms with Crippen molar-refractivity contribution < 1.29 is 41.0 Å². The number of ether oxygens (including phenoxy) is 2. The Labute approximate surface area is 177 Å². The van der Waals surface area contributed by atoms with Crippen LogP contribution in [0.3, 0.4) is 0 Å². The number of hydrogen-bond donors (Lipinski definition) is 0. The van der Waals surface area contributed by atoms with Crippen LogP contribution in [0.5, 0.6) is 17.2 Å². The van der Waals surface area contributed by atoms with Crippen molar-refractivity contribution in [2.75, 3.05) is 12.0 Å². The van der Waals surface area contributed by atoms with Crippen molar-refractivity contribution >= 4 is 17.5 Å². The van der Waals surface area contributed by atoms with E-state index in [4.69, 9.17) is 9.47 Å². The maximum Gasteiger partial charge on any atom is 0.416 e. The topological polar surface area (TPSA) is 55.8 Å². The van der Waals surface area contributed by atoms with Crippen LogP contribution in [0.15, 0.2) is 54.6 Å². The summed E-state index contributed by atoms with van der Waals surface area (Å²) in [5.74, 6) is -5.92. The fourth-order valence-electron chi connectivity index (χ4n) is 3.22. The molecule has 3 aromatic carbocycles. The zero-order chi connectivity index (χ0) is 23.2. The minimum Gasteiger partial charge on any atom is -0.497 e. The van der Waals surface area contributed by atoms with Crippen molar-refractivity contribution in [3.05, 3.63) is 82.9 Å². The summed E-state index contributed by atoms with van der Waals surface area (Å²) in [6.45, 7) is 0. The Hall–Kier alpha value is -3.95. The first-order valence-corrected chi connectivity index (χ1v) is 9.01. The zero-order valence-electron chi connectivity index (χ0n) is 16.2. The number of imide groups is 1. The highest BCUT2D eigenvalue weighted by molar-refractivity contribution is 6.34. The van der Waals surface area contributed by atoms with E-state index in [1.165, 1.54) is 37.4 Å². The Balaban J connectivity index is 1.80. The molecule has 164 valence electrons. The van der Waals surface area contributed by atoms with E-state index in [0.717, 1.165) is 4.90 Å². The molecule has 0 fully saturated rings. The predicted octanol–water partition coefficient (Wildman–Crippen LogP) is 5.59. The van der Waals surface area contributed by atoms with Crippen LogP contribution in [-0.4, -0.2) is 18.9 Å². The van der Waals surface area contributed by atoms with Crippen LogP contribution in [0.1, 0.15) is 26.3 Å². The van der Waals surface area contributed by atoms with Crippen LogP contribution in [0.25, 0.3) is 0 Å². The van der Waals surface area contributed by atoms with Gasteiger partial charge < -0.3 is 9.47 Å². The summed E-state index contributed by atoms with van der Waals surface area (Å²) in [4.78, 5) is 26.4. The lowest BCUT2D eigenvalue weighted by Gasteiger charge is -2.20. The first-order valence-electron chi connectivity index (χ1n) is 9.01. The van der Waals surface area contributed by atoms with Gasteiger partial charge in [0.2, 0.25) is 0 Å². The predicted molar refractivity (Wildman–Crippen MR) is 102 cm³/mol. The number of amides is 2. The van der Waals surface area contributed by atoms with Gasteiger partial charge in [0.1, 0.15) is 5.75 Å². The number of benzene rings is 3. The molecular formula is C22H12F5NO4. The minimum atomic E-state index is -4.97. The van der Waals surface area contributed by atoms with Crippen LogP contribution in [0, 0.1) is 11.6 Å². The monoisotopic (exact) mass is 449 g/mol. The van der Waals surface area contributed by atoms with Crippen molar-refractivity contribution in [2.24, 2.45) is 0 Å². The van der Waals surface area contributed by atoms with E-state index < -0.39 is 40.9 Å². The fourth-order valence-corrected chi connectivity index (χ4v) is 3.22. The van der Waals surface area contributed by atoms with Crippen molar-refractivity contribution in [2.45, 2.75) is 6.18 Å².